The molecule has 0 spiro atoms. The molecule has 0 N–H and O–H groups in total. The standard InChI is InChI=1S/C100H65BN2/c1-6-24-66(25-7-1)83-64-98-100-99(65-83)103(85-50-44-72(45-51-85)91-59-78-39-19-17-35-74(78)55-87(91)68-28-10-3-11-29-68)97-53-47-82(93-61-80-41-23-21-37-76(80)57-89(93)70-32-14-5-15-33-70)63-95(97)101(100)94-62-81(92-60-79-40-22-20-36-75(79)56-88(92)69-30-12-4-13-31-69)46-52-96(94)102(98)84-48-42-71(43-49-84)90-58-77-38-18-16-34-73(77)54-86(90)67-26-8-2-9-27-67/h1-65H. The number of rotatable bonds is 11. The molecule has 0 unspecified atom stereocenters. The maximum absolute atomic E-state index is 2.58. The predicted molar refractivity (Wildman–Crippen MR) is 439 cm³/mol. The molecular weight excluding hydrogens is 1240 g/mol. The van der Waals surface area contributed by atoms with Gasteiger partial charge in [-0.25, -0.2) is 0 Å². The molecule has 0 bridgehead atoms. The Bertz CT molecular complexity index is 5970. The highest BCUT2D eigenvalue weighted by molar-refractivity contribution is 7.00. The normalized spacial score (nSPS) is 12.2. The van der Waals surface area contributed by atoms with Crippen molar-refractivity contribution >= 4 is 100 Å². The summed E-state index contributed by atoms with van der Waals surface area (Å²) in [4.78, 5) is 5.17. The first-order chi connectivity index (χ1) is 51.0. The van der Waals surface area contributed by atoms with Gasteiger partial charge in [0.05, 0.1) is 0 Å². The third-order valence-corrected chi connectivity index (χ3v) is 21.6. The summed E-state index contributed by atoms with van der Waals surface area (Å²) in [5, 5.41) is 9.70. The Hall–Kier alpha value is -13.3. The zero-order chi connectivity index (χ0) is 67.9. The molecule has 0 radical (unpaired) electrons. The fourth-order valence-electron chi connectivity index (χ4n) is 16.6. The molecule has 2 aliphatic rings. The molecule has 18 aromatic carbocycles. The monoisotopic (exact) mass is 1300 g/mol. The second kappa shape index (κ2) is 24.8. The molecule has 18 aromatic rings. The van der Waals surface area contributed by atoms with E-state index in [0.29, 0.717) is 0 Å². The van der Waals surface area contributed by atoms with E-state index in [2.05, 4.69) is 404 Å². The molecule has 0 fully saturated rings. The Balaban J connectivity index is 0.860. The Morgan fingerprint density at radius 3 is 0.650 bits per heavy atom. The van der Waals surface area contributed by atoms with E-state index in [1.165, 1.54) is 126 Å². The summed E-state index contributed by atoms with van der Waals surface area (Å²) in [6.45, 7) is -0.232. The Morgan fingerprint density at radius 2 is 0.379 bits per heavy atom. The average molecular weight is 1310 g/mol. The summed E-state index contributed by atoms with van der Waals surface area (Å²) >= 11 is 0. The third kappa shape index (κ3) is 10.4. The summed E-state index contributed by atoms with van der Waals surface area (Å²) in [6, 6.07) is 147. The van der Waals surface area contributed by atoms with Crippen LogP contribution in [0.15, 0.2) is 394 Å². The number of anilines is 6. The van der Waals surface area contributed by atoms with Crippen molar-refractivity contribution in [2.45, 2.75) is 0 Å². The number of fused-ring (bicyclic) bond motifs is 8. The number of nitrogens with zero attached hydrogens (tertiary/aromatic N) is 2. The molecule has 2 aliphatic heterocycles. The summed E-state index contributed by atoms with van der Waals surface area (Å²) in [5.74, 6) is 0. The molecule has 2 heterocycles. The number of benzene rings is 18. The zero-order valence-corrected chi connectivity index (χ0v) is 56.5. The van der Waals surface area contributed by atoms with Gasteiger partial charge in [0.2, 0.25) is 0 Å². The molecule has 0 aliphatic carbocycles. The van der Waals surface area contributed by atoms with Gasteiger partial charge in [0.25, 0.3) is 6.71 Å². The topological polar surface area (TPSA) is 6.48 Å². The molecule has 0 saturated heterocycles. The van der Waals surface area contributed by atoms with Crippen molar-refractivity contribution in [3.63, 3.8) is 0 Å². The highest BCUT2D eigenvalue weighted by atomic mass is 15.2. The van der Waals surface area contributed by atoms with Gasteiger partial charge in [0.15, 0.2) is 0 Å². The van der Waals surface area contributed by atoms with E-state index in [4.69, 9.17) is 0 Å². The Labute approximate surface area is 600 Å². The fourth-order valence-corrected chi connectivity index (χ4v) is 16.6. The lowest BCUT2D eigenvalue weighted by Gasteiger charge is -2.45. The molecule has 103 heavy (non-hydrogen) atoms. The third-order valence-electron chi connectivity index (χ3n) is 21.6. The summed E-state index contributed by atoms with van der Waals surface area (Å²) in [7, 11) is 0. The molecule has 20 rings (SSSR count). The first-order valence-corrected chi connectivity index (χ1v) is 35.7. The van der Waals surface area contributed by atoms with Crippen LogP contribution in [0.5, 0.6) is 0 Å². The first-order valence-electron chi connectivity index (χ1n) is 35.7. The first kappa shape index (κ1) is 59.7. The van der Waals surface area contributed by atoms with E-state index in [9.17, 15) is 0 Å². The highest BCUT2D eigenvalue weighted by Gasteiger charge is 2.44. The molecule has 0 atom stereocenters. The van der Waals surface area contributed by atoms with Crippen LogP contribution in [0.25, 0.3) is 143 Å². The predicted octanol–water partition coefficient (Wildman–Crippen LogP) is 25.4. The smallest absolute Gasteiger partial charge is 0.252 e. The van der Waals surface area contributed by atoms with Crippen molar-refractivity contribution in [2.75, 3.05) is 9.80 Å². The van der Waals surface area contributed by atoms with Crippen molar-refractivity contribution in [1.82, 2.24) is 0 Å². The molecular formula is C100H65BN2. The van der Waals surface area contributed by atoms with Gasteiger partial charge >= 0.3 is 0 Å². The van der Waals surface area contributed by atoms with E-state index >= 15 is 0 Å². The van der Waals surface area contributed by atoms with Gasteiger partial charge in [0, 0.05) is 34.1 Å². The minimum absolute atomic E-state index is 0.232. The van der Waals surface area contributed by atoms with Crippen LogP contribution in [0.3, 0.4) is 0 Å². The van der Waals surface area contributed by atoms with Crippen LogP contribution in [-0.4, -0.2) is 6.71 Å². The molecule has 0 amide bonds. The van der Waals surface area contributed by atoms with Gasteiger partial charge in [-0.3, -0.25) is 0 Å². The van der Waals surface area contributed by atoms with Gasteiger partial charge < -0.3 is 9.80 Å². The average Bonchev–Trinajstić information content (AvgIpc) is 0.692. The summed E-state index contributed by atoms with van der Waals surface area (Å²) < 4.78 is 0. The SMILES string of the molecule is c1ccc(-c2cc3c4c(c2)N(c2ccc(-c5cc6ccccc6cc5-c5ccccc5)cc2)c2ccc(-c5cc6ccccc6cc5-c5ccccc5)cc2B4c2cc(-c4cc5ccccc5cc4-c4ccccc4)ccc2N3c2ccc(-c3cc4ccccc4cc3-c3ccccc3)cc2)cc1. The van der Waals surface area contributed by atoms with E-state index in [-0.39, 0.29) is 6.71 Å². The second-order valence-electron chi connectivity index (χ2n) is 27.5. The number of hydrogen-bond acceptors (Lipinski definition) is 2. The molecule has 2 nitrogen and oxygen atoms in total. The Kier molecular flexibility index (Phi) is 14.4. The van der Waals surface area contributed by atoms with Crippen molar-refractivity contribution in [3.05, 3.63) is 394 Å². The summed E-state index contributed by atoms with van der Waals surface area (Å²) in [5.41, 5.74) is 31.6. The minimum Gasteiger partial charge on any atom is -0.311 e. The molecule has 0 aromatic heterocycles. The van der Waals surface area contributed by atoms with Crippen LogP contribution in [0, 0.1) is 0 Å². The summed E-state index contributed by atoms with van der Waals surface area (Å²) in [6.07, 6.45) is 0. The minimum atomic E-state index is -0.232. The maximum Gasteiger partial charge on any atom is 0.252 e. The van der Waals surface area contributed by atoms with Crippen molar-refractivity contribution in [3.8, 4) is 100 Å². The largest absolute Gasteiger partial charge is 0.311 e. The Morgan fingerprint density at radius 1 is 0.155 bits per heavy atom. The fraction of sp³-hybridized carbons (Fsp3) is 0. The van der Waals surface area contributed by atoms with Gasteiger partial charge in [-0.2, -0.15) is 0 Å². The van der Waals surface area contributed by atoms with Gasteiger partial charge in [-0.05, 0) is 257 Å². The molecule has 3 heteroatoms. The molecule has 478 valence electrons. The quantitative estimate of drug-likeness (QED) is 0.119. The second-order valence-corrected chi connectivity index (χ2v) is 27.5. The van der Waals surface area contributed by atoms with Crippen molar-refractivity contribution < 1.29 is 0 Å². The van der Waals surface area contributed by atoms with Crippen LogP contribution in [0.4, 0.5) is 34.1 Å². The van der Waals surface area contributed by atoms with Crippen LogP contribution in [0.2, 0.25) is 0 Å². The highest BCUT2D eigenvalue weighted by Crippen LogP contribution is 2.50. The lowest BCUT2D eigenvalue weighted by molar-refractivity contribution is 1.25. The van der Waals surface area contributed by atoms with Crippen LogP contribution < -0.4 is 26.2 Å². The van der Waals surface area contributed by atoms with Crippen LogP contribution in [0.1, 0.15) is 0 Å². The van der Waals surface area contributed by atoms with Crippen LogP contribution in [-0.2, 0) is 0 Å². The van der Waals surface area contributed by atoms with Gasteiger partial charge in [-0.1, -0.05) is 297 Å². The van der Waals surface area contributed by atoms with E-state index in [0.717, 1.165) is 67.5 Å². The maximum atomic E-state index is 2.58. The number of hydrogen-bond donors (Lipinski definition) is 0. The van der Waals surface area contributed by atoms with E-state index < -0.39 is 0 Å². The van der Waals surface area contributed by atoms with Gasteiger partial charge in [0.1, 0.15) is 0 Å². The van der Waals surface area contributed by atoms with E-state index in [1.54, 1.807) is 0 Å². The lowest BCUT2D eigenvalue weighted by atomic mass is 9.33. The van der Waals surface area contributed by atoms with Crippen molar-refractivity contribution in [1.29, 1.82) is 0 Å². The lowest BCUT2D eigenvalue weighted by Crippen LogP contribution is -2.61. The van der Waals surface area contributed by atoms with Crippen molar-refractivity contribution in [2.24, 2.45) is 0 Å². The van der Waals surface area contributed by atoms with Crippen LogP contribution >= 0.6 is 0 Å². The van der Waals surface area contributed by atoms with Gasteiger partial charge in [-0.15, -0.1) is 0 Å². The van der Waals surface area contributed by atoms with E-state index in [1.807, 2.05) is 0 Å². The zero-order valence-electron chi connectivity index (χ0n) is 56.5. The molecule has 0 saturated carbocycles.